The molecule has 1 aliphatic heterocycles. The average Bonchev–Trinajstić information content (AvgIpc) is 2.66. The van der Waals surface area contributed by atoms with Crippen LogP contribution in [0.1, 0.15) is 26.2 Å². The summed E-state index contributed by atoms with van der Waals surface area (Å²) in [4.78, 5) is 11.4. The van der Waals surface area contributed by atoms with E-state index in [0.717, 1.165) is 19.3 Å². The number of terminal acetylenes is 1. The van der Waals surface area contributed by atoms with Gasteiger partial charge in [-0.2, -0.15) is 0 Å². The van der Waals surface area contributed by atoms with E-state index in [9.17, 15) is 4.79 Å². The van der Waals surface area contributed by atoms with Gasteiger partial charge in [-0.3, -0.25) is 4.79 Å². The Morgan fingerprint density at radius 1 is 1.85 bits per heavy atom. The SMILES string of the molecule is C#CC(CC)NC(=O)[C@@H]1CCCO1. The highest BCUT2D eigenvalue weighted by Crippen LogP contribution is 2.11. The van der Waals surface area contributed by atoms with E-state index in [-0.39, 0.29) is 18.1 Å². The second kappa shape index (κ2) is 4.88. The van der Waals surface area contributed by atoms with Crippen molar-refractivity contribution in [2.45, 2.75) is 38.3 Å². The molecule has 0 bridgehead atoms. The summed E-state index contributed by atoms with van der Waals surface area (Å²) in [7, 11) is 0. The summed E-state index contributed by atoms with van der Waals surface area (Å²) in [5.74, 6) is 2.45. The zero-order valence-corrected chi connectivity index (χ0v) is 7.88. The molecule has 1 aliphatic rings. The summed E-state index contributed by atoms with van der Waals surface area (Å²) < 4.78 is 5.22. The summed E-state index contributed by atoms with van der Waals surface area (Å²) in [5.41, 5.74) is 0. The normalized spacial score (nSPS) is 23.5. The second-order valence-electron chi connectivity index (χ2n) is 3.14. The maximum atomic E-state index is 11.4. The Morgan fingerprint density at radius 2 is 2.62 bits per heavy atom. The van der Waals surface area contributed by atoms with Crippen LogP contribution in [-0.4, -0.2) is 24.7 Å². The monoisotopic (exact) mass is 181 g/mol. The Morgan fingerprint density at radius 3 is 3.08 bits per heavy atom. The number of carbonyl (C=O) groups excluding carboxylic acids is 1. The molecule has 0 radical (unpaired) electrons. The van der Waals surface area contributed by atoms with Crippen molar-refractivity contribution in [3.05, 3.63) is 0 Å². The molecule has 0 spiro atoms. The summed E-state index contributed by atoms with van der Waals surface area (Å²) in [6, 6.07) is -0.156. The lowest BCUT2D eigenvalue weighted by molar-refractivity contribution is -0.130. The van der Waals surface area contributed by atoms with Crippen molar-refractivity contribution in [1.29, 1.82) is 0 Å². The average molecular weight is 181 g/mol. The Bertz CT molecular complexity index is 213. The summed E-state index contributed by atoms with van der Waals surface area (Å²) in [5, 5.41) is 2.76. The molecule has 1 fully saturated rings. The minimum Gasteiger partial charge on any atom is -0.368 e. The number of rotatable bonds is 3. The second-order valence-corrected chi connectivity index (χ2v) is 3.14. The van der Waals surface area contributed by atoms with E-state index >= 15 is 0 Å². The first-order valence-electron chi connectivity index (χ1n) is 4.66. The maximum absolute atomic E-state index is 11.4. The van der Waals surface area contributed by atoms with Gasteiger partial charge in [-0.15, -0.1) is 6.42 Å². The third kappa shape index (κ3) is 2.74. The Labute approximate surface area is 78.8 Å². The van der Waals surface area contributed by atoms with Crippen molar-refractivity contribution in [1.82, 2.24) is 5.32 Å². The molecule has 0 aromatic heterocycles. The Balaban J connectivity index is 2.35. The van der Waals surface area contributed by atoms with E-state index in [1.54, 1.807) is 0 Å². The molecular weight excluding hydrogens is 166 g/mol. The lowest BCUT2D eigenvalue weighted by atomic mass is 10.2. The van der Waals surface area contributed by atoms with Gasteiger partial charge < -0.3 is 10.1 Å². The molecule has 1 amide bonds. The highest BCUT2D eigenvalue weighted by molar-refractivity contribution is 5.81. The lowest BCUT2D eigenvalue weighted by Gasteiger charge is -2.14. The van der Waals surface area contributed by atoms with Gasteiger partial charge in [0.25, 0.3) is 0 Å². The van der Waals surface area contributed by atoms with Crippen molar-refractivity contribution in [3.8, 4) is 12.3 Å². The molecule has 2 atom stereocenters. The van der Waals surface area contributed by atoms with Gasteiger partial charge in [0.1, 0.15) is 6.10 Å². The van der Waals surface area contributed by atoms with Crippen LogP contribution < -0.4 is 5.32 Å². The quantitative estimate of drug-likeness (QED) is 0.651. The molecule has 72 valence electrons. The number of amides is 1. The molecule has 1 saturated heterocycles. The molecule has 3 nitrogen and oxygen atoms in total. The van der Waals surface area contributed by atoms with Gasteiger partial charge >= 0.3 is 0 Å². The highest BCUT2D eigenvalue weighted by Gasteiger charge is 2.24. The van der Waals surface area contributed by atoms with Gasteiger partial charge in [0.15, 0.2) is 0 Å². The van der Waals surface area contributed by atoms with Crippen molar-refractivity contribution in [2.24, 2.45) is 0 Å². The van der Waals surface area contributed by atoms with E-state index in [0.29, 0.717) is 6.61 Å². The first-order chi connectivity index (χ1) is 6.27. The molecule has 1 heterocycles. The fourth-order valence-electron chi connectivity index (χ4n) is 1.31. The minimum absolute atomic E-state index is 0.0673. The molecule has 1 N–H and O–H groups in total. The third-order valence-electron chi connectivity index (χ3n) is 2.15. The van der Waals surface area contributed by atoms with Gasteiger partial charge in [0.2, 0.25) is 5.91 Å². The first-order valence-corrected chi connectivity index (χ1v) is 4.66. The Hall–Kier alpha value is -1.01. The molecular formula is C10H15NO2. The number of ether oxygens (including phenoxy) is 1. The molecule has 1 unspecified atom stereocenters. The predicted octanol–water partition coefficient (Wildman–Crippen LogP) is 0.693. The molecule has 0 saturated carbocycles. The van der Waals surface area contributed by atoms with Crippen LogP contribution in [-0.2, 0) is 9.53 Å². The van der Waals surface area contributed by atoms with Gasteiger partial charge in [-0.1, -0.05) is 12.8 Å². The van der Waals surface area contributed by atoms with Crippen molar-refractivity contribution in [2.75, 3.05) is 6.61 Å². The molecule has 0 aromatic carbocycles. The first kappa shape index (κ1) is 10.1. The molecule has 0 aliphatic carbocycles. The van der Waals surface area contributed by atoms with Crippen LogP contribution in [0.15, 0.2) is 0 Å². The van der Waals surface area contributed by atoms with Gasteiger partial charge in [0.05, 0.1) is 6.04 Å². The largest absolute Gasteiger partial charge is 0.368 e. The summed E-state index contributed by atoms with van der Waals surface area (Å²) >= 11 is 0. The molecule has 0 aromatic rings. The van der Waals surface area contributed by atoms with Crippen LogP contribution in [0.3, 0.4) is 0 Å². The Kier molecular flexibility index (Phi) is 3.78. The van der Waals surface area contributed by atoms with E-state index in [1.165, 1.54) is 0 Å². The zero-order chi connectivity index (χ0) is 9.68. The van der Waals surface area contributed by atoms with Crippen molar-refractivity contribution >= 4 is 5.91 Å². The summed E-state index contributed by atoms with van der Waals surface area (Å²) in [6.07, 6.45) is 7.48. The smallest absolute Gasteiger partial charge is 0.250 e. The molecule has 13 heavy (non-hydrogen) atoms. The number of hydrogen-bond donors (Lipinski definition) is 1. The lowest BCUT2D eigenvalue weighted by Crippen LogP contribution is -2.40. The maximum Gasteiger partial charge on any atom is 0.250 e. The van der Waals surface area contributed by atoms with Gasteiger partial charge in [-0.25, -0.2) is 0 Å². The fraction of sp³-hybridized carbons (Fsp3) is 0.700. The minimum atomic E-state index is -0.276. The molecule has 1 rings (SSSR count). The van der Waals surface area contributed by atoms with Gasteiger partial charge in [-0.05, 0) is 19.3 Å². The van der Waals surface area contributed by atoms with Crippen LogP contribution in [0.4, 0.5) is 0 Å². The van der Waals surface area contributed by atoms with Crippen molar-refractivity contribution in [3.63, 3.8) is 0 Å². The highest BCUT2D eigenvalue weighted by atomic mass is 16.5. The number of nitrogens with one attached hydrogen (secondary N) is 1. The zero-order valence-electron chi connectivity index (χ0n) is 7.88. The molecule has 3 heteroatoms. The topological polar surface area (TPSA) is 38.3 Å². The fourth-order valence-corrected chi connectivity index (χ4v) is 1.31. The summed E-state index contributed by atoms with van der Waals surface area (Å²) in [6.45, 7) is 2.63. The van der Waals surface area contributed by atoms with Crippen LogP contribution in [0.5, 0.6) is 0 Å². The number of carbonyl (C=O) groups is 1. The third-order valence-corrected chi connectivity index (χ3v) is 2.15. The van der Waals surface area contributed by atoms with E-state index in [2.05, 4.69) is 11.2 Å². The van der Waals surface area contributed by atoms with E-state index < -0.39 is 0 Å². The predicted molar refractivity (Wildman–Crippen MR) is 50.0 cm³/mol. The van der Waals surface area contributed by atoms with E-state index in [4.69, 9.17) is 11.2 Å². The number of hydrogen-bond acceptors (Lipinski definition) is 2. The van der Waals surface area contributed by atoms with Crippen LogP contribution in [0.25, 0.3) is 0 Å². The van der Waals surface area contributed by atoms with Crippen molar-refractivity contribution < 1.29 is 9.53 Å². The van der Waals surface area contributed by atoms with Crippen LogP contribution in [0, 0.1) is 12.3 Å². The van der Waals surface area contributed by atoms with Gasteiger partial charge in [0, 0.05) is 6.61 Å². The van der Waals surface area contributed by atoms with Crippen LogP contribution in [0.2, 0.25) is 0 Å². The van der Waals surface area contributed by atoms with E-state index in [1.807, 2.05) is 6.92 Å². The van der Waals surface area contributed by atoms with Crippen LogP contribution >= 0.6 is 0 Å². The standard InChI is InChI=1S/C10H15NO2/c1-3-8(4-2)11-10(12)9-6-5-7-13-9/h1,8-9H,4-7H2,2H3,(H,11,12)/t8?,9-/m0/s1.